The van der Waals surface area contributed by atoms with E-state index in [4.69, 9.17) is 16.3 Å². The van der Waals surface area contributed by atoms with Crippen LogP contribution in [0.15, 0.2) is 48.8 Å². The third kappa shape index (κ3) is 3.57. The molecule has 24 heavy (non-hydrogen) atoms. The van der Waals surface area contributed by atoms with Crippen LogP contribution in [0.25, 0.3) is 5.69 Å². The third-order valence-corrected chi connectivity index (χ3v) is 3.54. The van der Waals surface area contributed by atoms with Crippen LogP contribution in [0, 0.1) is 0 Å². The van der Waals surface area contributed by atoms with E-state index in [2.05, 4.69) is 15.5 Å². The second-order valence-electron chi connectivity index (χ2n) is 5.19. The number of amides is 1. The zero-order valence-electron chi connectivity index (χ0n) is 13.2. The van der Waals surface area contributed by atoms with Crippen LogP contribution in [0.3, 0.4) is 0 Å². The van der Waals surface area contributed by atoms with Crippen molar-refractivity contribution in [2.45, 2.75) is 13.0 Å². The van der Waals surface area contributed by atoms with Crippen LogP contribution >= 0.6 is 11.6 Å². The summed E-state index contributed by atoms with van der Waals surface area (Å²) in [4.78, 5) is 12.2. The highest BCUT2D eigenvalue weighted by atomic mass is 35.5. The van der Waals surface area contributed by atoms with Crippen molar-refractivity contribution in [3.8, 4) is 11.6 Å². The van der Waals surface area contributed by atoms with Gasteiger partial charge in [-0.25, -0.2) is 4.68 Å². The van der Waals surface area contributed by atoms with E-state index in [1.807, 2.05) is 30.3 Å². The standard InChI is InChI=1S/C16H16ClN5O2/c1-11(15(23)18-14-8-9-21(2)19-14)24-16-13(17)10-22(20-16)12-6-4-3-5-7-12/h3-11H,1-2H3,(H,18,19,23). The molecule has 7 nitrogen and oxygen atoms in total. The Morgan fingerprint density at radius 3 is 2.67 bits per heavy atom. The van der Waals surface area contributed by atoms with E-state index in [0.29, 0.717) is 10.8 Å². The number of benzene rings is 1. The van der Waals surface area contributed by atoms with Crippen LogP contribution in [0.5, 0.6) is 5.88 Å². The fourth-order valence-corrected chi connectivity index (χ4v) is 2.24. The summed E-state index contributed by atoms with van der Waals surface area (Å²) in [6.45, 7) is 1.62. The van der Waals surface area contributed by atoms with Crippen LogP contribution < -0.4 is 10.1 Å². The summed E-state index contributed by atoms with van der Waals surface area (Å²) in [5.74, 6) is 0.321. The number of rotatable bonds is 5. The topological polar surface area (TPSA) is 74.0 Å². The minimum atomic E-state index is -0.774. The van der Waals surface area contributed by atoms with Crippen LogP contribution in [-0.2, 0) is 11.8 Å². The first-order valence-electron chi connectivity index (χ1n) is 7.30. The van der Waals surface area contributed by atoms with Crippen LogP contribution in [0.4, 0.5) is 5.82 Å². The molecule has 1 N–H and O–H groups in total. The zero-order chi connectivity index (χ0) is 17.1. The maximum absolute atomic E-state index is 12.2. The quantitative estimate of drug-likeness (QED) is 0.771. The Balaban J connectivity index is 1.69. The molecule has 1 aromatic carbocycles. The number of nitrogens with zero attached hydrogens (tertiary/aromatic N) is 4. The van der Waals surface area contributed by atoms with Gasteiger partial charge in [-0.2, -0.15) is 5.10 Å². The van der Waals surface area contributed by atoms with E-state index in [0.717, 1.165) is 5.69 Å². The van der Waals surface area contributed by atoms with Gasteiger partial charge in [0, 0.05) is 19.3 Å². The van der Waals surface area contributed by atoms with Crippen molar-refractivity contribution in [3.05, 3.63) is 53.8 Å². The Labute approximate surface area is 143 Å². The van der Waals surface area contributed by atoms with Gasteiger partial charge in [0.05, 0.1) is 11.9 Å². The van der Waals surface area contributed by atoms with E-state index in [-0.39, 0.29) is 11.8 Å². The predicted octanol–water partition coefficient (Wildman–Crippen LogP) is 2.67. The first kappa shape index (κ1) is 16.1. The van der Waals surface area contributed by atoms with Gasteiger partial charge in [0.25, 0.3) is 11.8 Å². The fraction of sp³-hybridized carbons (Fsp3) is 0.188. The Kier molecular flexibility index (Phi) is 4.52. The maximum atomic E-state index is 12.2. The molecule has 3 aromatic rings. The normalized spacial score (nSPS) is 12.0. The van der Waals surface area contributed by atoms with E-state index in [9.17, 15) is 4.79 Å². The Morgan fingerprint density at radius 1 is 1.25 bits per heavy atom. The van der Waals surface area contributed by atoms with Crippen molar-refractivity contribution >= 4 is 23.3 Å². The zero-order valence-corrected chi connectivity index (χ0v) is 13.9. The second kappa shape index (κ2) is 6.76. The second-order valence-corrected chi connectivity index (χ2v) is 5.59. The largest absolute Gasteiger partial charge is 0.462 e. The molecule has 0 spiro atoms. The molecule has 0 saturated carbocycles. The number of halogens is 1. The number of hydrogen-bond donors (Lipinski definition) is 1. The molecule has 2 heterocycles. The number of hydrogen-bond acceptors (Lipinski definition) is 4. The summed E-state index contributed by atoms with van der Waals surface area (Å²) in [7, 11) is 1.77. The van der Waals surface area contributed by atoms with Crippen molar-refractivity contribution in [2.24, 2.45) is 7.05 Å². The van der Waals surface area contributed by atoms with Crippen molar-refractivity contribution in [3.63, 3.8) is 0 Å². The highest BCUT2D eigenvalue weighted by Gasteiger charge is 2.19. The molecule has 1 atom stereocenters. The van der Waals surface area contributed by atoms with Crippen LogP contribution in [0.1, 0.15) is 6.92 Å². The summed E-state index contributed by atoms with van der Waals surface area (Å²) >= 11 is 6.15. The number of aryl methyl sites for hydroxylation is 1. The smallest absolute Gasteiger partial charge is 0.266 e. The molecule has 1 unspecified atom stereocenters. The molecular weight excluding hydrogens is 330 g/mol. The molecule has 124 valence electrons. The van der Waals surface area contributed by atoms with E-state index in [1.165, 1.54) is 0 Å². The molecule has 1 amide bonds. The van der Waals surface area contributed by atoms with Crippen molar-refractivity contribution < 1.29 is 9.53 Å². The summed E-state index contributed by atoms with van der Waals surface area (Å²) in [6, 6.07) is 11.2. The van der Waals surface area contributed by atoms with Crippen LogP contribution in [-0.4, -0.2) is 31.6 Å². The molecular formula is C16H16ClN5O2. The highest BCUT2D eigenvalue weighted by molar-refractivity contribution is 6.31. The van der Waals surface area contributed by atoms with Crippen molar-refractivity contribution in [1.82, 2.24) is 19.6 Å². The molecule has 0 saturated heterocycles. The number of carbonyl (C=O) groups is 1. The van der Waals surface area contributed by atoms with Gasteiger partial charge in [-0.3, -0.25) is 9.48 Å². The molecule has 8 heteroatoms. The fourth-order valence-electron chi connectivity index (χ4n) is 2.06. The van der Waals surface area contributed by atoms with E-state index >= 15 is 0 Å². The van der Waals surface area contributed by atoms with E-state index in [1.54, 1.807) is 41.8 Å². The maximum Gasteiger partial charge on any atom is 0.266 e. The lowest BCUT2D eigenvalue weighted by Gasteiger charge is -2.12. The Bertz CT molecular complexity index is 843. The van der Waals surface area contributed by atoms with Gasteiger partial charge in [0.15, 0.2) is 11.9 Å². The molecule has 0 aliphatic rings. The SMILES string of the molecule is CC(Oc1nn(-c2ccccc2)cc1Cl)C(=O)Nc1ccn(C)n1. The summed E-state index contributed by atoms with van der Waals surface area (Å²) in [6.07, 6.45) is 2.60. The van der Waals surface area contributed by atoms with Crippen molar-refractivity contribution in [1.29, 1.82) is 0 Å². The molecule has 0 radical (unpaired) electrons. The molecule has 0 aliphatic carbocycles. The number of aromatic nitrogens is 4. The minimum Gasteiger partial charge on any atom is -0.462 e. The first-order chi connectivity index (χ1) is 11.5. The first-order valence-corrected chi connectivity index (χ1v) is 7.68. The monoisotopic (exact) mass is 345 g/mol. The summed E-state index contributed by atoms with van der Waals surface area (Å²) in [5.41, 5.74) is 0.847. The molecule has 0 aliphatic heterocycles. The lowest BCUT2D eigenvalue weighted by Crippen LogP contribution is -2.30. The van der Waals surface area contributed by atoms with Gasteiger partial charge in [0.1, 0.15) is 5.02 Å². The summed E-state index contributed by atoms with van der Waals surface area (Å²) < 4.78 is 8.77. The van der Waals surface area contributed by atoms with Gasteiger partial charge >= 0.3 is 0 Å². The highest BCUT2D eigenvalue weighted by Crippen LogP contribution is 2.25. The Hall–Kier alpha value is -2.80. The molecule has 0 fully saturated rings. The number of anilines is 1. The lowest BCUT2D eigenvalue weighted by molar-refractivity contribution is -0.122. The van der Waals surface area contributed by atoms with Gasteiger partial charge in [-0.15, -0.1) is 5.10 Å². The molecule has 3 rings (SSSR count). The molecule has 0 bridgehead atoms. The van der Waals surface area contributed by atoms with E-state index < -0.39 is 6.10 Å². The van der Waals surface area contributed by atoms with Crippen molar-refractivity contribution in [2.75, 3.05) is 5.32 Å². The number of para-hydroxylation sites is 1. The van der Waals surface area contributed by atoms with Gasteiger partial charge in [-0.1, -0.05) is 29.8 Å². The average Bonchev–Trinajstić information content (AvgIpc) is 3.14. The number of nitrogens with one attached hydrogen (secondary N) is 1. The van der Waals surface area contributed by atoms with Gasteiger partial charge < -0.3 is 10.1 Å². The predicted molar refractivity (Wildman–Crippen MR) is 90.5 cm³/mol. The lowest BCUT2D eigenvalue weighted by atomic mass is 10.3. The minimum absolute atomic E-state index is 0.198. The van der Waals surface area contributed by atoms with Gasteiger partial charge in [-0.05, 0) is 19.1 Å². The Morgan fingerprint density at radius 2 is 2.00 bits per heavy atom. The molecule has 2 aromatic heterocycles. The van der Waals surface area contributed by atoms with Gasteiger partial charge in [0.2, 0.25) is 0 Å². The average molecular weight is 346 g/mol. The summed E-state index contributed by atoms with van der Waals surface area (Å²) in [5, 5.41) is 11.4. The number of carbonyl (C=O) groups excluding carboxylic acids is 1. The van der Waals surface area contributed by atoms with Crippen LogP contribution in [0.2, 0.25) is 5.02 Å². The third-order valence-electron chi connectivity index (χ3n) is 3.28. The number of ether oxygens (including phenoxy) is 1.